The first kappa shape index (κ1) is 58.9. The molecule has 1 saturated heterocycles. The number of carboxylic acid groups (broad SMARTS) is 1. The van der Waals surface area contributed by atoms with Gasteiger partial charge in [0.1, 0.15) is 6.10 Å². The monoisotopic (exact) mass is 1040 g/mol. The fourth-order valence-corrected chi connectivity index (χ4v) is 17.0. The number of ether oxygens (including phenoxy) is 3. The van der Waals surface area contributed by atoms with Crippen molar-refractivity contribution < 1.29 is 38.5 Å². The van der Waals surface area contributed by atoms with Gasteiger partial charge in [0.25, 0.3) is 0 Å². The summed E-state index contributed by atoms with van der Waals surface area (Å²) in [6.07, 6.45) is 27.7. The highest BCUT2D eigenvalue weighted by molar-refractivity contribution is 5.92. The molecule has 1 N–H and O–H groups in total. The average molecular weight is 1040 g/mol. The lowest BCUT2D eigenvalue weighted by Crippen LogP contribution is -2.68. The minimum Gasteiger partial charge on any atom is -0.490 e. The first-order valence-corrected chi connectivity index (χ1v) is 30.3. The van der Waals surface area contributed by atoms with E-state index in [-0.39, 0.29) is 46.0 Å². The van der Waals surface area contributed by atoms with Crippen LogP contribution in [0.4, 0.5) is 0 Å². The van der Waals surface area contributed by atoms with Crippen molar-refractivity contribution in [1.82, 2.24) is 9.80 Å². The van der Waals surface area contributed by atoms with Gasteiger partial charge in [0, 0.05) is 37.7 Å². The van der Waals surface area contributed by atoms with E-state index in [4.69, 9.17) is 14.2 Å². The Bertz CT molecular complexity index is 2190. The van der Waals surface area contributed by atoms with Gasteiger partial charge in [-0.15, -0.1) is 0 Å². The van der Waals surface area contributed by atoms with E-state index in [1.54, 1.807) is 19.9 Å². The maximum absolute atomic E-state index is 15.4. The molecule has 1 aliphatic heterocycles. The van der Waals surface area contributed by atoms with Crippen LogP contribution in [-0.2, 0) is 23.9 Å². The molecule has 1 aromatic rings. The molecule has 0 spiro atoms. The largest absolute Gasteiger partial charge is 0.490 e. The zero-order valence-corrected chi connectivity index (χ0v) is 48.8. The van der Waals surface area contributed by atoms with E-state index in [1.807, 2.05) is 29.2 Å². The van der Waals surface area contributed by atoms with E-state index in [0.717, 1.165) is 101 Å². The normalized spacial score (nSPS) is 32.2. The van der Waals surface area contributed by atoms with Crippen molar-refractivity contribution >= 4 is 29.8 Å². The van der Waals surface area contributed by atoms with Gasteiger partial charge in [-0.05, 0) is 167 Å². The van der Waals surface area contributed by atoms with Crippen LogP contribution >= 0.6 is 0 Å². The molecule has 420 valence electrons. The third-order valence-corrected chi connectivity index (χ3v) is 21.6. The minimum atomic E-state index is -1.17. The summed E-state index contributed by atoms with van der Waals surface area (Å²) in [6.45, 7) is 30.3. The summed E-state index contributed by atoms with van der Waals surface area (Å²) in [4.78, 5) is 58.4. The number of nitrogens with zero attached hydrogens (tertiary/aromatic N) is 2. The molecule has 7 rings (SSSR count). The number of aliphatic carboxylic acids is 1. The van der Waals surface area contributed by atoms with Gasteiger partial charge in [-0.2, -0.15) is 0 Å². The molecule has 0 unspecified atom stereocenters. The molecular formula is C65H102N2O8. The Morgan fingerprint density at radius 1 is 0.707 bits per heavy atom. The van der Waals surface area contributed by atoms with Crippen molar-refractivity contribution in [3.05, 3.63) is 42.0 Å². The molecule has 1 aromatic carbocycles. The average Bonchev–Trinajstić information content (AvgIpc) is 3.77. The summed E-state index contributed by atoms with van der Waals surface area (Å²) in [7, 11) is 0. The number of hydrogen-bond donors (Lipinski definition) is 1. The number of unbranched alkanes of at least 4 members (excludes halogenated alkanes) is 10. The van der Waals surface area contributed by atoms with E-state index < -0.39 is 22.8 Å². The van der Waals surface area contributed by atoms with Crippen molar-refractivity contribution in [2.24, 2.45) is 62.1 Å². The van der Waals surface area contributed by atoms with Crippen LogP contribution in [0.3, 0.4) is 0 Å². The molecule has 6 aliphatic rings. The van der Waals surface area contributed by atoms with Crippen molar-refractivity contribution in [2.45, 2.75) is 223 Å². The van der Waals surface area contributed by atoms with Crippen LogP contribution in [0.15, 0.2) is 36.4 Å². The molecule has 75 heavy (non-hydrogen) atoms. The van der Waals surface area contributed by atoms with Crippen LogP contribution in [0.1, 0.15) is 222 Å². The number of carbonyl (C=O) groups excluding carboxylic acids is 3. The van der Waals surface area contributed by atoms with Crippen molar-refractivity contribution in [2.75, 3.05) is 39.4 Å². The zero-order valence-electron chi connectivity index (χ0n) is 48.8. The Hall–Kier alpha value is -3.82. The van der Waals surface area contributed by atoms with E-state index in [0.29, 0.717) is 69.0 Å². The molecule has 10 heteroatoms. The fraction of sp³-hybridized carbons (Fsp3) is 0.785. The molecule has 0 radical (unpaired) electrons. The Morgan fingerprint density at radius 3 is 1.95 bits per heavy atom. The minimum absolute atomic E-state index is 0.0289. The first-order valence-electron chi connectivity index (χ1n) is 30.3. The van der Waals surface area contributed by atoms with Crippen LogP contribution in [0.2, 0.25) is 0 Å². The van der Waals surface area contributed by atoms with Gasteiger partial charge in [0.2, 0.25) is 11.8 Å². The molecule has 1 heterocycles. The number of allylic oxidation sites excluding steroid dienone is 1. The number of amides is 2. The smallest absolute Gasteiger partial charge is 0.309 e. The number of esters is 1. The van der Waals surface area contributed by atoms with Gasteiger partial charge in [-0.1, -0.05) is 131 Å². The number of hydrogen-bond acceptors (Lipinski definition) is 7. The number of piperazine rings is 1. The molecular weight excluding hydrogens is 937 g/mol. The number of carboxylic acids is 1. The van der Waals surface area contributed by atoms with Crippen LogP contribution in [0.25, 0.3) is 6.08 Å². The number of carbonyl (C=O) groups is 4. The Morgan fingerprint density at radius 2 is 1.32 bits per heavy atom. The number of rotatable bonds is 24. The Kier molecular flexibility index (Phi) is 19.2. The summed E-state index contributed by atoms with van der Waals surface area (Å²) in [5, 5.41) is 9.71. The van der Waals surface area contributed by atoms with Gasteiger partial charge in [-0.25, -0.2) is 0 Å². The molecule has 5 aliphatic carbocycles. The topological polar surface area (TPSA) is 123 Å². The number of benzene rings is 1. The maximum atomic E-state index is 15.4. The van der Waals surface area contributed by atoms with Crippen molar-refractivity contribution in [3.63, 3.8) is 0 Å². The summed E-state index contributed by atoms with van der Waals surface area (Å²) in [6, 6.07) is 6.02. The van der Waals surface area contributed by atoms with Crippen molar-refractivity contribution in [3.8, 4) is 11.5 Å². The van der Waals surface area contributed by atoms with Gasteiger partial charge in [0.15, 0.2) is 11.5 Å². The third-order valence-electron chi connectivity index (χ3n) is 21.6. The molecule has 2 amide bonds. The van der Waals surface area contributed by atoms with Gasteiger partial charge >= 0.3 is 11.9 Å². The number of fused-ring (bicyclic) bond motifs is 7. The van der Waals surface area contributed by atoms with Crippen LogP contribution in [0, 0.1) is 62.1 Å². The Labute approximate surface area is 454 Å². The molecule has 10 nitrogen and oxygen atoms in total. The predicted octanol–water partition coefficient (Wildman–Crippen LogP) is 14.9. The summed E-state index contributed by atoms with van der Waals surface area (Å²) in [5.74, 6) is 2.27. The van der Waals surface area contributed by atoms with Crippen LogP contribution in [-0.4, -0.2) is 84.2 Å². The lowest BCUT2D eigenvalue weighted by molar-refractivity contribution is -0.250. The van der Waals surface area contributed by atoms with E-state index in [2.05, 4.69) is 66.9 Å². The second-order valence-electron chi connectivity index (χ2n) is 26.9. The van der Waals surface area contributed by atoms with E-state index >= 15 is 4.79 Å². The van der Waals surface area contributed by atoms with Gasteiger partial charge in [0.05, 0.1) is 30.5 Å². The second-order valence-corrected chi connectivity index (χ2v) is 26.9. The quantitative estimate of drug-likeness (QED) is 0.0470. The zero-order chi connectivity index (χ0) is 54.4. The molecule has 0 aromatic heterocycles. The standard InChI is InChI=1S/C65H102N2O8/c1-12-14-16-18-20-22-42-73-50-27-24-47(44-51(50)74-43-23-21-19-17-15-13-2)25-29-55(68)66-38-40-67(41-39-66)58(70)65-35-30-48(46(3)4)57(65)49-26-28-53-62(9)33-32-54(75-56(69)45-60(5,6)59(71)72)61(7,8)52(62)31-34-64(53,11)63(49,10)36-37-65/h24-25,27,29,44,48-49,52-54,57H,3,12-23,26,28,30-43,45H2,1-2,4-11H3,(H,71,72)/b29-25+/t48-,49+,52-,53+,54-,57+,62-,63+,64+,65-/m0/s1. The highest BCUT2D eigenvalue weighted by Gasteiger charge is 2.72. The van der Waals surface area contributed by atoms with Crippen LogP contribution < -0.4 is 9.47 Å². The molecule has 6 fully saturated rings. The van der Waals surface area contributed by atoms with Crippen molar-refractivity contribution in [1.29, 1.82) is 0 Å². The Balaban J connectivity index is 0.992. The SMILES string of the molecule is C=C(C)[C@@H]1CC[C@]2(C(=O)N3CCN(C(=O)/C=C/c4ccc(OCCCCCCCC)c(OCCCCCCCC)c4)CC3)CC[C@]3(C)[C@H](CC[C@@H]4[C@@]5(C)CC[C@H](OC(=O)CC(C)(C)C(=O)O)C(C)(C)[C@@H]5CC[C@]43C)[C@@H]12. The molecule has 10 atom stereocenters. The van der Waals surface area contributed by atoms with Gasteiger partial charge in [-0.3, -0.25) is 19.2 Å². The summed E-state index contributed by atoms with van der Waals surface area (Å²) in [5.41, 5.74) is 0.522. The maximum Gasteiger partial charge on any atom is 0.309 e. The van der Waals surface area contributed by atoms with E-state index in [1.165, 1.54) is 63.4 Å². The lowest BCUT2D eigenvalue weighted by atomic mass is 9.32. The second kappa shape index (κ2) is 24.5. The fourth-order valence-electron chi connectivity index (χ4n) is 17.0. The highest BCUT2D eigenvalue weighted by atomic mass is 16.5. The molecule has 0 bridgehead atoms. The molecule has 5 saturated carbocycles. The third kappa shape index (κ3) is 12.1. The lowest BCUT2D eigenvalue weighted by Gasteiger charge is -2.73. The van der Waals surface area contributed by atoms with E-state index in [9.17, 15) is 19.5 Å². The summed E-state index contributed by atoms with van der Waals surface area (Å²) >= 11 is 0. The highest BCUT2D eigenvalue weighted by Crippen LogP contribution is 2.78. The van der Waals surface area contributed by atoms with Gasteiger partial charge < -0.3 is 29.1 Å². The van der Waals surface area contributed by atoms with Crippen LogP contribution in [0.5, 0.6) is 11.5 Å². The predicted molar refractivity (Wildman–Crippen MR) is 301 cm³/mol. The first-order chi connectivity index (χ1) is 35.6. The summed E-state index contributed by atoms with van der Waals surface area (Å²) < 4.78 is 18.9.